The molecule has 1 aromatic rings. The predicted octanol–water partition coefficient (Wildman–Crippen LogP) is 4.52. The summed E-state index contributed by atoms with van der Waals surface area (Å²) in [5.41, 5.74) is 1.89. The molecule has 1 saturated carbocycles. The smallest absolute Gasteiger partial charge is 0.0103 e. The molecule has 1 nitrogen and oxygen atoms in total. The van der Waals surface area contributed by atoms with E-state index < -0.39 is 0 Å². The molecule has 19 heavy (non-hydrogen) atoms. The maximum Gasteiger partial charge on any atom is 0.0103 e. The summed E-state index contributed by atoms with van der Waals surface area (Å²) >= 11 is 0. The molecule has 0 amide bonds. The molecule has 0 radical (unpaired) electrons. The molecule has 0 saturated heterocycles. The summed E-state index contributed by atoms with van der Waals surface area (Å²) in [7, 11) is 0. The Morgan fingerprint density at radius 1 is 1.05 bits per heavy atom. The number of likely N-dealkylation sites (N-methyl/N-ethyl adjacent to an activating group) is 1. The molecule has 106 valence electrons. The van der Waals surface area contributed by atoms with Crippen molar-refractivity contribution in [1.29, 1.82) is 0 Å². The van der Waals surface area contributed by atoms with E-state index in [2.05, 4.69) is 49.5 Å². The Morgan fingerprint density at radius 3 is 2.32 bits per heavy atom. The Morgan fingerprint density at radius 2 is 1.74 bits per heavy atom. The molecule has 1 aliphatic carbocycles. The first kappa shape index (κ1) is 14.6. The second-order valence-corrected chi connectivity index (χ2v) is 5.99. The van der Waals surface area contributed by atoms with Gasteiger partial charge in [-0.1, -0.05) is 63.4 Å². The highest BCUT2D eigenvalue weighted by molar-refractivity contribution is 5.27. The number of hydrogen-bond acceptors (Lipinski definition) is 1. The van der Waals surface area contributed by atoms with E-state index in [4.69, 9.17) is 0 Å². The first-order valence-corrected chi connectivity index (χ1v) is 8.09. The lowest BCUT2D eigenvalue weighted by Crippen LogP contribution is -2.44. The molecule has 1 heteroatoms. The zero-order valence-corrected chi connectivity index (χ0v) is 12.6. The van der Waals surface area contributed by atoms with E-state index in [1.54, 1.807) is 5.56 Å². The fourth-order valence-electron chi connectivity index (χ4n) is 3.87. The third kappa shape index (κ3) is 3.20. The van der Waals surface area contributed by atoms with Gasteiger partial charge >= 0.3 is 0 Å². The maximum absolute atomic E-state index is 3.64. The first-order valence-electron chi connectivity index (χ1n) is 8.09. The maximum atomic E-state index is 3.64. The molecule has 1 aromatic carbocycles. The van der Waals surface area contributed by atoms with Crippen LogP contribution >= 0.6 is 0 Å². The second kappa shape index (κ2) is 7.09. The molecule has 0 bridgehead atoms. The van der Waals surface area contributed by atoms with Crippen LogP contribution in [0.1, 0.15) is 57.9 Å². The number of benzene rings is 1. The van der Waals surface area contributed by atoms with E-state index in [0.29, 0.717) is 5.41 Å². The summed E-state index contributed by atoms with van der Waals surface area (Å²) in [6, 6.07) is 11.2. The van der Waals surface area contributed by atoms with E-state index in [1.807, 2.05) is 0 Å². The Labute approximate surface area is 118 Å². The van der Waals surface area contributed by atoms with E-state index in [1.165, 1.54) is 38.5 Å². The van der Waals surface area contributed by atoms with Gasteiger partial charge < -0.3 is 5.32 Å². The summed E-state index contributed by atoms with van der Waals surface area (Å²) < 4.78 is 0. The van der Waals surface area contributed by atoms with Gasteiger partial charge in [0.05, 0.1) is 0 Å². The third-order valence-corrected chi connectivity index (χ3v) is 5.06. The van der Waals surface area contributed by atoms with Gasteiger partial charge in [0.25, 0.3) is 0 Å². The first-order chi connectivity index (χ1) is 9.33. The minimum Gasteiger partial charge on any atom is -0.316 e. The average molecular weight is 259 g/mol. The molecule has 0 aromatic heterocycles. The lowest BCUT2D eigenvalue weighted by Gasteiger charge is -2.43. The number of hydrogen-bond donors (Lipinski definition) is 1. The van der Waals surface area contributed by atoms with Crippen molar-refractivity contribution in [2.75, 3.05) is 13.1 Å². The van der Waals surface area contributed by atoms with E-state index in [-0.39, 0.29) is 0 Å². The van der Waals surface area contributed by atoms with Crippen LogP contribution in [0.2, 0.25) is 0 Å². The molecular formula is C18H29N. The summed E-state index contributed by atoms with van der Waals surface area (Å²) in [6.07, 6.45) is 8.35. The van der Waals surface area contributed by atoms with Crippen LogP contribution in [0.3, 0.4) is 0 Å². The molecule has 1 atom stereocenters. The van der Waals surface area contributed by atoms with Crippen molar-refractivity contribution in [1.82, 2.24) is 5.32 Å². The topological polar surface area (TPSA) is 12.0 Å². The fourth-order valence-corrected chi connectivity index (χ4v) is 3.87. The molecular weight excluding hydrogens is 230 g/mol. The van der Waals surface area contributed by atoms with E-state index in [0.717, 1.165) is 19.0 Å². The second-order valence-electron chi connectivity index (χ2n) is 5.99. The SMILES string of the molecule is CCNCC(CC)(c1ccccc1)C1CCCCC1. The van der Waals surface area contributed by atoms with Crippen molar-refractivity contribution >= 4 is 0 Å². The van der Waals surface area contributed by atoms with Crippen LogP contribution in [0.15, 0.2) is 30.3 Å². The minimum atomic E-state index is 0.345. The molecule has 1 unspecified atom stereocenters. The highest BCUT2D eigenvalue weighted by Crippen LogP contribution is 2.43. The quantitative estimate of drug-likeness (QED) is 0.791. The summed E-state index contributed by atoms with van der Waals surface area (Å²) in [5.74, 6) is 0.854. The van der Waals surface area contributed by atoms with Crippen LogP contribution < -0.4 is 5.32 Å². The molecule has 0 spiro atoms. The molecule has 0 aliphatic heterocycles. The number of nitrogens with one attached hydrogen (secondary N) is 1. The largest absolute Gasteiger partial charge is 0.316 e. The highest BCUT2D eigenvalue weighted by Gasteiger charge is 2.38. The Bertz CT molecular complexity index is 353. The molecule has 0 heterocycles. The van der Waals surface area contributed by atoms with E-state index >= 15 is 0 Å². The predicted molar refractivity (Wildman–Crippen MR) is 83.5 cm³/mol. The van der Waals surface area contributed by atoms with Crippen LogP contribution in [-0.4, -0.2) is 13.1 Å². The number of rotatable bonds is 6. The zero-order chi connectivity index (χ0) is 13.6. The van der Waals surface area contributed by atoms with Crippen molar-refractivity contribution in [3.8, 4) is 0 Å². The molecule has 1 N–H and O–H groups in total. The minimum absolute atomic E-state index is 0.345. The monoisotopic (exact) mass is 259 g/mol. The van der Waals surface area contributed by atoms with Crippen LogP contribution in [0.5, 0.6) is 0 Å². The normalized spacial score (nSPS) is 20.1. The van der Waals surface area contributed by atoms with Gasteiger partial charge in [-0.2, -0.15) is 0 Å². The van der Waals surface area contributed by atoms with Crippen molar-refractivity contribution in [3.63, 3.8) is 0 Å². The Balaban J connectivity index is 2.29. The van der Waals surface area contributed by atoms with Crippen molar-refractivity contribution < 1.29 is 0 Å². The summed E-state index contributed by atoms with van der Waals surface area (Å²) in [6.45, 7) is 6.79. The molecule has 1 fully saturated rings. The van der Waals surface area contributed by atoms with Gasteiger partial charge in [-0.3, -0.25) is 0 Å². The van der Waals surface area contributed by atoms with Gasteiger partial charge in [0, 0.05) is 12.0 Å². The van der Waals surface area contributed by atoms with Crippen LogP contribution in [-0.2, 0) is 5.41 Å². The van der Waals surface area contributed by atoms with Crippen LogP contribution in [0.4, 0.5) is 0 Å². The van der Waals surface area contributed by atoms with Gasteiger partial charge in [-0.05, 0) is 37.3 Å². The lowest BCUT2D eigenvalue weighted by molar-refractivity contribution is 0.189. The highest BCUT2D eigenvalue weighted by atomic mass is 14.9. The van der Waals surface area contributed by atoms with Gasteiger partial charge in [0.1, 0.15) is 0 Å². The van der Waals surface area contributed by atoms with Crippen LogP contribution in [0.25, 0.3) is 0 Å². The van der Waals surface area contributed by atoms with Crippen LogP contribution in [0, 0.1) is 5.92 Å². The Hall–Kier alpha value is -0.820. The summed E-state index contributed by atoms with van der Waals surface area (Å²) in [4.78, 5) is 0. The molecule has 2 rings (SSSR count). The van der Waals surface area contributed by atoms with Crippen molar-refractivity contribution in [2.45, 2.75) is 57.8 Å². The van der Waals surface area contributed by atoms with E-state index in [9.17, 15) is 0 Å². The van der Waals surface area contributed by atoms with Crippen molar-refractivity contribution in [3.05, 3.63) is 35.9 Å². The fraction of sp³-hybridized carbons (Fsp3) is 0.667. The molecule has 1 aliphatic rings. The average Bonchev–Trinajstić information content (AvgIpc) is 2.51. The lowest BCUT2D eigenvalue weighted by atomic mass is 9.63. The van der Waals surface area contributed by atoms with Crippen molar-refractivity contribution in [2.24, 2.45) is 5.92 Å². The standard InChI is InChI=1S/C18H29N/c1-3-18(15-19-4-2,16-11-7-5-8-12-16)17-13-9-6-10-14-17/h5,7-8,11-12,17,19H,3-4,6,9-10,13-15H2,1-2H3. The van der Waals surface area contributed by atoms with Gasteiger partial charge in [-0.15, -0.1) is 0 Å². The zero-order valence-electron chi connectivity index (χ0n) is 12.6. The van der Waals surface area contributed by atoms with Gasteiger partial charge in [-0.25, -0.2) is 0 Å². The van der Waals surface area contributed by atoms with Gasteiger partial charge in [0.15, 0.2) is 0 Å². The Kier molecular flexibility index (Phi) is 5.45. The third-order valence-electron chi connectivity index (χ3n) is 5.06. The van der Waals surface area contributed by atoms with Gasteiger partial charge in [0.2, 0.25) is 0 Å². The summed E-state index contributed by atoms with van der Waals surface area (Å²) in [5, 5.41) is 3.64.